The van der Waals surface area contributed by atoms with Gasteiger partial charge in [0.15, 0.2) is 0 Å². The van der Waals surface area contributed by atoms with Crippen LogP contribution in [0, 0.1) is 0 Å². The molecule has 5 rings (SSSR count). The van der Waals surface area contributed by atoms with Crippen LogP contribution in [0.25, 0.3) is 23.1 Å². The number of alkyl halides is 3. The lowest BCUT2D eigenvalue weighted by Crippen LogP contribution is -2.25. The van der Waals surface area contributed by atoms with Crippen molar-refractivity contribution in [2.45, 2.75) is 6.18 Å². The molecule has 1 aliphatic heterocycles. The number of esters is 1. The number of carbonyl (C=O) groups is 2. The molecule has 0 unspecified atom stereocenters. The summed E-state index contributed by atoms with van der Waals surface area (Å²) in [6.07, 6.45) is -1.09. The van der Waals surface area contributed by atoms with Gasteiger partial charge in [-0.3, -0.25) is 9.69 Å². The maximum absolute atomic E-state index is 13.5. The molecule has 5 nitrogen and oxygen atoms in total. The molecule has 0 saturated carbocycles. The normalized spacial score (nSPS) is 14.6. The lowest BCUT2D eigenvalue weighted by atomic mass is 10.1. The van der Waals surface area contributed by atoms with Gasteiger partial charge in [0, 0.05) is 16.8 Å². The van der Waals surface area contributed by atoms with E-state index in [0.29, 0.717) is 39.6 Å². The van der Waals surface area contributed by atoms with Crippen LogP contribution in [0.2, 0.25) is 0 Å². The van der Waals surface area contributed by atoms with Crippen LogP contribution >= 0.6 is 0 Å². The standard InChI is InChI=1S/C30H20F3NO4/c1-37-29(36)21-9-13-24(14-10-21)34-26(19-5-3-2-4-6-19)18-22(28(34)35)17-25-15-16-27(38-25)20-7-11-23(12-8-20)30(31,32)33/h2-18H,1H3/b22-17-. The highest BCUT2D eigenvalue weighted by Gasteiger charge is 2.31. The number of anilines is 1. The number of halogens is 3. The summed E-state index contributed by atoms with van der Waals surface area (Å²) in [4.78, 5) is 26.9. The van der Waals surface area contributed by atoms with Gasteiger partial charge in [-0.2, -0.15) is 13.2 Å². The number of methoxy groups -OCH3 is 1. The zero-order valence-corrected chi connectivity index (χ0v) is 20.0. The maximum Gasteiger partial charge on any atom is 0.416 e. The number of amides is 1. The van der Waals surface area contributed by atoms with Crippen LogP contribution in [0.1, 0.15) is 27.2 Å². The first-order valence-corrected chi connectivity index (χ1v) is 11.5. The molecule has 0 aliphatic carbocycles. The van der Waals surface area contributed by atoms with Crippen molar-refractivity contribution in [1.29, 1.82) is 0 Å². The van der Waals surface area contributed by atoms with Crippen molar-refractivity contribution >= 4 is 29.3 Å². The summed E-state index contributed by atoms with van der Waals surface area (Å²) in [5.74, 6) is -0.0409. The lowest BCUT2D eigenvalue weighted by molar-refractivity contribution is -0.137. The Labute approximate surface area is 216 Å². The highest BCUT2D eigenvalue weighted by atomic mass is 19.4. The van der Waals surface area contributed by atoms with Gasteiger partial charge in [0.05, 0.1) is 23.9 Å². The highest BCUT2D eigenvalue weighted by Crippen LogP contribution is 2.36. The van der Waals surface area contributed by atoms with Gasteiger partial charge in [-0.05, 0) is 66.2 Å². The maximum atomic E-state index is 13.5. The predicted molar refractivity (Wildman–Crippen MR) is 137 cm³/mol. The Hall–Kier alpha value is -4.85. The van der Waals surface area contributed by atoms with Crippen molar-refractivity contribution in [3.63, 3.8) is 0 Å². The summed E-state index contributed by atoms with van der Waals surface area (Å²) in [5.41, 5.74) is 2.46. The predicted octanol–water partition coefficient (Wildman–Crippen LogP) is 7.22. The molecule has 0 N–H and O–H groups in total. The number of furan rings is 1. The van der Waals surface area contributed by atoms with Gasteiger partial charge < -0.3 is 9.15 Å². The second-order valence-electron chi connectivity index (χ2n) is 8.45. The quantitative estimate of drug-likeness (QED) is 0.208. The second-order valence-corrected chi connectivity index (χ2v) is 8.45. The minimum Gasteiger partial charge on any atom is -0.465 e. The summed E-state index contributed by atoms with van der Waals surface area (Å²) in [6.45, 7) is 0. The molecular weight excluding hydrogens is 495 g/mol. The van der Waals surface area contributed by atoms with Crippen molar-refractivity contribution in [3.8, 4) is 11.3 Å². The van der Waals surface area contributed by atoms with E-state index in [9.17, 15) is 22.8 Å². The Balaban J connectivity index is 1.48. The van der Waals surface area contributed by atoms with Crippen LogP contribution in [0.15, 0.2) is 107 Å². The van der Waals surface area contributed by atoms with Crippen molar-refractivity contribution in [3.05, 3.63) is 125 Å². The molecule has 8 heteroatoms. The summed E-state index contributed by atoms with van der Waals surface area (Å²) < 4.78 is 49.2. The highest BCUT2D eigenvalue weighted by molar-refractivity contribution is 6.23. The first-order chi connectivity index (χ1) is 18.2. The largest absolute Gasteiger partial charge is 0.465 e. The molecule has 3 aromatic carbocycles. The average molecular weight is 515 g/mol. The zero-order chi connectivity index (χ0) is 26.9. The molecular formula is C30H20F3NO4. The molecule has 38 heavy (non-hydrogen) atoms. The monoisotopic (exact) mass is 515 g/mol. The Morgan fingerprint density at radius 3 is 2.18 bits per heavy atom. The fourth-order valence-electron chi connectivity index (χ4n) is 4.12. The first-order valence-electron chi connectivity index (χ1n) is 11.5. The SMILES string of the molecule is COC(=O)c1ccc(N2C(=O)/C(=C\c3ccc(-c4ccc(C(F)(F)F)cc4)o3)C=C2c2ccccc2)cc1. The number of carbonyl (C=O) groups excluding carboxylic acids is 2. The molecule has 0 saturated heterocycles. The zero-order valence-electron chi connectivity index (χ0n) is 20.0. The Kier molecular flexibility index (Phi) is 6.46. The average Bonchev–Trinajstić information content (AvgIpc) is 3.53. The van der Waals surface area contributed by atoms with Gasteiger partial charge in [0.2, 0.25) is 0 Å². The van der Waals surface area contributed by atoms with Gasteiger partial charge in [0.1, 0.15) is 11.5 Å². The van der Waals surface area contributed by atoms with E-state index in [1.807, 2.05) is 30.3 Å². The molecule has 4 aromatic rings. The molecule has 0 bridgehead atoms. The Bertz CT molecular complexity index is 1550. The number of hydrogen-bond donors (Lipinski definition) is 0. The Morgan fingerprint density at radius 1 is 0.868 bits per heavy atom. The topological polar surface area (TPSA) is 59.8 Å². The molecule has 2 heterocycles. The third-order valence-corrected chi connectivity index (χ3v) is 6.02. The third-order valence-electron chi connectivity index (χ3n) is 6.02. The minimum atomic E-state index is -4.42. The van der Waals surface area contributed by atoms with Crippen molar-refractivity contribution in [2.75, 3.05) is 12.0 Å². The summed E-state index contributed by atoms with van der Waals surface area (Å²) in [7, 11) is 1.30. The van der Waals surface area contributed by atoms with E-state index in [2.05, 4.69) is 0 Å². The fraction of sp³-hybridized carbons (Fsp3) is 0.0667. The summed E-state index contributed by atoms with van der Waals surface area (Å²) in [6, 6.07) is 23.8. The molecule has 0 atom stereocenters. The van der Waals surface area contributed by atoms with E-state index in [1.165, 1.54) is 19.2 Å². The third kappa shape index (κ3) is 4.88. The van der Waals surface area contributed by atoms with E-state index >= 15 is 0 Å². The molecule has 0 fully saturated rings. The number of rotatable bonds is 5. The summed E-state index contributed by atoms with van der Waals surface area (Å²) >= 11 is 0. The van der Waals surface area contributed by atoms with Crippen LogP contribution in [-0.4, -0.2) is 19.0 Å². The molecule has 190 valence electrons. The van der Waals surface area contributed by atoms with E-state index in [4.69, 9.17) is 9.15 Å². The van der Waals surface area contributed by atoms with Gasteiger partial charge in [-0.15, -0.1) is 0 Å². The first kappa shape index (κ1) is 24.8. The molecule has 0 radical (unpaired) electrons. The lowest BCUT2D eigenvalue weighted by Gasteiger charge is -2.21. The summed E-state index contributed by atoms with van der Waals surface area (Å²) in [5, 5.41) is 0. The molecule has 1 amide bonds. The van der Waals surface area contributed by atoms with Crippen molar-refractivity contribution in [2.24, 2.45) is 0 Å². The fourth-order valence-corrected chi connectivity index (χ4v) is 4.12. The van der Waals surface area contributed by atoms with Crippen LogP contribution in [-0.2, 0) is 15.7 Å². The number of nitrogens with zero attached hydrogens (tertiary/aromatic N) is 1. The second kappa shape index (κ2) is 9.89. The van der Waals surface area contributed by atoms with Gasteiger partial charge in [0.25, 0.3) is 5.91 Å². The van der Waals surface area contributed by atoms with E-state index in [0.717, 1.165) is 17.7 Å². The van der Waals surface area contributed by atoms with Gasteiger partial charge in [-0.1, -0.05) is 42.5 Å². The van der Waals surface area contributed by atoms with Crippen LogP contribution in [0.4, 0.5) is 18.9 Å². The van der Waals surface area contributed by atoms with Gasteiger partial charge in [-0.25, -0.2) is 4.79 Å². The Morgan fingerprint density at radius 2 is 1.55 bits per heavy atom. The van der Waals surface area contributed by atoms with E-state index < -0.39 is 17.7 Å². The minimum absolute atomic E-state index is 0.304. The number of hydrogen-bond acceptors (Lipinski definition) is 4. The molecule has 1 aromatic heterocycles. The van der Waals surface area contributed by atoms with Crippen LogP contribution < -0.4 is 4.90 Å². The van der Waals surface area contributed by atoms with Crippen molar-refractivity contribution < 1.29 is 31.9 Å². The van der Waals surface area contributed by atoms with Crippen LogP contribution in [0.3, 0.4) is 0 Å². The number of ether oxygens (including phenoxy) is 1. The van der Waals surface area contributed by atoms with Crippen LogP contribution in [0.5, 0.6) is 0 Å². The van der Waals surface area contributed by atoms with E-state index in [1.54, 1.807) is 53.5 Å². The smallest absolute Gasteiger partial charge is 0.416 e. The van der Waals surface area contributed by atoms with Gasteiger partial charge >= 0.3 is 12.1 Å². The number of benzene rings is 3. The van der Waals surface area contributed by atoms with Crippen molar-refractivity contribution in [1.82, 2.24) is 0 Å². The van der Waals surface area contributed by atoms with E-state index in [-0.39, 0.29) is 5.91 Å². The molecule has 0 spiro atoms. The molecule has 1 aliphatic rings.